The molecule has 0 bridgehead atoms. The molecule has 0 radical (unpaired) electrons. The zero-order chi connectivity index (χ0) is 19.3. The van der Waals surface area contributed by atoms with E-state index in [0.717, 1.165) is 40.8 Å². The van der Waals surface area contributed by atoms with Crippen LogP contribution in [-0.2, 0) is 19.4 Å². The molecule has 1 aliphatic carbocycles. The fourth-order valence-corrected chi connectivity index (χ4v) is 4.20. The van der Waals surface area contributed by atoms with Crippen molar-refractivity contribution in [3.05, 3.63) is 86.4 Å². The molecule has 0 saturated heterocycles. The van der Waals surface area contributed by atoms with E-state index in [9.17, 15) is 9.18 Å². The van der Waals surface area contributed by atoms with Gasteiger partial charge in [0.05, 0.1) is 35.2 Å². The summed E-state index contributed by atoms with van der Waals surface area (Å²) in [6.45, 7) is 0.366. The highest BCUT2D eigenvalue weighted by atomic mass is 79.9. The molecule has 2 aromatic carbocycles. The second-order valence-corrected chi connectivity index (χ2v) is 7.87. The van der Waals surface area contributed by atoms with Crippen LogP contribution >= 0.6 is 15.9 Å². The Morgan fingerprint density at radius 3 is 2.75 bits per heavy atom. The number of hydrogen-bond acceptors (Lipinski definition) is 3. The molecule has 1 aliphatic rings. The van der Waals surface area contributed by atoms with Crippen LogP contribution in [0.5, 0.6) is 0 Å². The molecule has 28 heavy (non-hydrogen) atoms. The van der Waals surface area contributed by atoms with Crippen LogP contribution in [0.2, 0.25) is 0 Å². The first-order chi connectivity index (χ1) is 13.6. The van der Waals surface area contributed by atoms with Gasteiger partial charge in [0, 0.05) is 10.2 Å². The molecular formula is C21H16BrFN4O. The Balaban J connectivity index is 1.59. The van der Waals surface area contributed by atoms with Crippen LogP contribution in [0.15, 0.2) is 58.1 Å². The highest BCUT2D eigenvalue weighted by Gasteiger charge is 2.23. The van der Waals surface area contributed by atoms with Crippen LogP contribution in [0, 0.1) is 5.82 Å². The normalized spacial score (nSPS) is 13.2. The molecule has 0 unspecified atom stereocenters. The van der Waals surface area contributed by atoms with Gasteiger partial charge in [0.1, 0.15) is 5.82 Å². The summed E-state index contributed by atoms with van der Waals surface area (Å²) < 4.78 is 17.6. The molecule has 0 saturated carbocycles. The Morgan fingerprint density at radius 1 is 1.11 bits per heavy atom. The Kier molecular flexibility index (Phi) is 4.12. The monoisotopic (exact) mass is 438 g/mol. The first kappa shape index (κ1) is 17.3. The highest BCUT2D eigenvalue weighted by Crippen LogP contribution is 2.28. The number of halogens is 2. The number of fused-ring (bicyclic) bond motifs is 2. The molecule has 0 spiro atoms. The van der Waals surface area contributed by atoms with E-state index in [1.165, 1.54) is 17.7 Å². The van der Waals surface area contributed by atoms with Crippen molar-refractivity contribution in [2.45, 2.75) is 25.8 Å². The molecule has 0 atom stereocenters. The minimum atomic E-state index is -0.271. The van der Waals surface area contributed by atoms with Gasteiger partial charge in [-0.25, -0.2) is 14.1 Å². The SMILES string of the molecule is O=c1c2cc(Br)ccc2ncn1Cc1nn(-c2ccc(F)cc2)c2c1CCC2. The first-order valence-electron chi connectivity index (χ1n) is 9.10. The van der Waals surface area contributed by atoms with E-state index >= 15 is 0 Å². The number of benzene rings is 2. The molecule has 0 fully saturated rings. The number of aromatic nitrogens is 4. The molecule has 140 valence electrons. The standard InChI is InChI=1S/C21H16BrFN4O/c22-13-4-9-18-17(10-13)21(28)26(12-24-18)11-19-16-2-1-3-20(16)27(25-19)15-7-5-14(23)6-8-15/h4-10,12H,1-3,11H2. The van der Waals surface area contributed by atoms with Crippen molar-refractivity contribution < 1.29 is 4.39 Å². The summed E-state index contributed by atoms with van der Waals surface area (Å²) in [6.07, 6.45) is 4.50. The van der Waals surface area contributed by atoms with E-state index in [1.807, 2.05) is 16.8 Å². The van der Waals surface area contributed by atoms with Gasteiger partial charge in [0.25, 0.3) is 5.56 Å². The minimum Gasteiger partial charge on any atom is -0.293 e. The fourth-order valence-electron chi connectivity index (χ4n) is 3.84. The van der Waals surface area contributed by atoms with Crippen LogP contribution < -0.4 is 5.56 Å². The predicted octanol–water partition coefficient (Wildman–Crippen LogP) is 4.02. The van der Waals surface area contributed by atoms with Gasteiger partial charge < -0.3 is 0 Å². The fraction of sp³-hybridized carbons (Fsp3) is 0.190. The minimum absolute atomic E-state index is 0.0885. The average molecular weight is 439 g/mol. The van der Waals surface area contributed by atoms with Gasteiger partial charge in [0.15, 0.2) is 0 Å². The van der Waals surface area contributed by atoms with Crippen molar-refractivity contribution in [1.29, 1.82) is 0 Å². The second kappa shape index (κ2) is 6.67. The van der Waals surface area contributed by atoms with Crippen molar-refractivity contribution >= 4 is 26.8 Å². The summed E-state index contributed by atoms with van der Waals surface area (Å²) in [5.74, 6) is -0.271. The van der Waals surface area contributed by atoms with E-state index in [1.54, 1.807) is 29.1 Å². The van der Waals surface area contributed by atoms with Gasteiger partial charge in [-0.1, -0.05) is 15.9 Å². The van der Waals surface area contributed by atoms with E-state index in [4.69, 9.17) is 5.10 Å². The largest absolute Gasteiger partial charge is 0.293 e. The van der Waals surface area contributed by atoms with E-state index in [2.05, 4.69) is 20.9 Å². The molecular weight excluding hydrogens is 423 g/mol. The van der Waals surface area contributed by atoms with Gasteiger partial charge >= 0.3 is 0 Å². The number of hydrogen-bond donors (Lipinski definition) is 0. The van der Waals surface area contributed by atoms with Crippen LogP contribution in [0.25, 0.3) is 16.6 Å². The lowest BCUT2D eigenvalue weighted by Gasteiger charge is -2.07. The Bertz CT molecular complexity index is 1260. The van der Waals surface area contributed by atoms with Crippen LogP contribution in [0.1, 0.15) is 23.4 Å². The third kappa shape index (κ3) is 2.86. The third-order valence-electron chi connectivity index (χ3n) is 5.19. The summed E-state index contributed by atoms with van der Waals surface area (Å²) in [7, 11) is 0. The maximum Gasteiger partial charge on any atom is 0.261 e. The summed E-state index contributed by atoms with van der Waals surface area (Å²) in [6, 6.07) is 11.8. The quantitative estimate of drug-likeness (QED) is 0.485. The molecule has 0 amide bonds. The molecule has 5 rings (SSSR count). The summed E-state index contributed by atoms with van der Waals surface area (Å²) >= 11 is 3.41. The average Bonchev–Trinajstić information content (AvgIpc) is 3.29. The van der Waals surface area contributed by atoms with Gasteiger partial charge in [0.2, 0.25) is 0 Å². The number of rotatable bonds is 3. The lowest BCUT2D eigenvalue weighted by molar-refractivity contribution is 0.626. The van der Waals surface area contributed by atoms with Crippen molar-refractivity contribution in [2.24, 2.45) is 0 Å². The Labute approximate surface area is 168 Å². The molecule has 5 nitrogen and oxygen atoms in total. The van der Waals surface area contributed by atoms with Crippen molar-refractivity contribution in [3.63, 3.8) is 0 Å². The maximum atomic E-state index is 13.3. The molecule has 2 aromatic heterocycles. The van der Waals surface area contributed by atoms with Crippen LogP contribution in [0.3, 0.4) is 0 Å². The van der Waals surface area contributed by atoms with E-state index < -0.39 is 0 Å². The maximum absolute atomic E-state index is 13.3. The van der Waals surface area contributed by atoms with Gasteiger partial charge in [-0.15, -0.1) is 0 Å². The van der Waals surface area contributed by atoms with Gasteiger partial charge in [-0.3, -0.25) is 9.36 Å². The zero-order valence-corrected chi connectivity index (χ0v) is 16.5. The van der Waals surface area contributed by atoms with E-state index in [0.29, 0.717) is 17.4 Å². The second-order valence-electron chi connectivity index (χ2n) is 6.95. The summed E-state index contributed by atoms with van der Waals surface area (Å²) in [5.41, 5.74) is 4.62. The van der Waals surface area contributed by atoms with Crippen molar-refractivity contribution in [3.8, 4) is 5.69 Å². The topological polar surface area (TPSA) is 52.7 Å². The van der Waals surface area contributed by atoms with Gasteiger partial charge in [-0.2, -0.15) is 5.10 Å². The summed E-state index contributed by atoms with van der Waals surface area (Å²) in [5, 5.41) is 5.34. The third-order valence-corrected chi connectivity index (χ3v) is 5.68. The smallest absolute Gasteiger partial charge is 0.261 e. The molecule has 7 heteroatoms. The summed E-state index contributed by atoms with van der Waals surface area (Å²) in [4.78, 5) is 17.3. The number of nitrogens with zero attached hydrogens (tertiary/aromatic N) is 4. The first-order valence-corrected chi connectivity index (χ1v) is 9.90. The zero-order valence-electron chi connectivity index (χ0n) is 14.9. The van der Waals surface area contributed by atoms with Crippen molar-refractivity contribution in [2.75, 3.05) is 0 Å². The molecule has 0 N–H and O–H groups in total. The molecule has 4 aromatic rings. The van der Waals surface area contributed by atoms with Gasteiger partial charge in [-0.05, 0) is 67.3 Å². The Hall–Kier alpha value is -2.80. The van der Waals surface area contributed by atoms with Crippen molar-refractivity contribution in [1.82, 2.24) is 19.3 Å². The highest BCUT2D eigenvalue weighted by molar-refractivity contribution is 9.10. The molecule has 0 aliphatic heterocycles. The van der Waals surface area contributed by atoms with Crippen LogP contribution in [-0.4, -0.2) is 19.3 Å². The molecule has 2 heterocycles. The van der Waals surface area contributed by atoms with Crippen LogP contribution in [0.4, 0.5) is 4.39 Å². The predicted molar refractivity (Wildman–Crippen MR) is 108 cm³/mol. The Morgan fingerprint density at radius 2 is 1.93 bits per heavy atom. The lowest BCUT2D eigenvalue weighted by atomic mass is 10.2. The van der Waals surface area contributed by atoms with E-state index in [-0.39, 0.29) is 11.4 Å². The lowest BCUT2D eigenvalue weighted by Crippen LogP contribution is -2.22.